The first-order valence-corrected chi connectivity index (χ1v) is 16.1. The minimum atomic E-state index is -0.447. The number of carbonyl (C=O) groups is 2. The average Bonchev–Trinajstić information content (AvgIpc) is 3.63. The summed E-state index contributed by atoms with van der Waals surface area (Å²) in [5.74, 6) is 1.04. The van der Waals surface area contributed by atoms with Crippen molar-refractivity contribution in [1.82, 2.24) is 10.2 Å². The van der Waals surface area contributed by atoms with Crippen LogP contribution in [0.3, 0.4) is 0 Å². The van der Waals surface area contributed by atoms with E-state index in [4.69, 9.17) is 28.4 Å². The highest BCUT2D eigenvalue weighted by molar-refractivity contribution is 5.92. The Balaban J connectivity index is 1.07. The van der Waals surface area contributed by atoms with Gasteiger partial charge in [0.25, 0.3) is 0 Å². The number of hydrogen-bond acceptors (Lipinski definition) is 9. The lowest BCUT2D eigenvalue weighted by Gasteiger charge is -2.43. The summed E-state index contributed by atoms with van der Waals surface area (Å²) in [7, 11) is 1.52. The predicted molar refractivity (Wildman–Crippen MR) is 170 cm³/mol. The van der Waals surface area contributed by atoms with Gasteiger partial charge in [-0.1, -0.05) is 48.5 Å². The third-order valence-electron chi connectivity index (χ3n) is 8.84. The van der Waals surface area contributed by atoms with Crippen LogP contribution in [0.2, 0.25) is 0 Å². The second kappa shape index (κ2) is 15.4. The molecule has 0 radical (unpaired) electrons. The Morgan fingerprint density at radius 2 is 1.74 bits per heavy atom. The van der Waals surface area contributed by atoms with Gasteiger partial charge in [0.05, 0.1) is 33.0 Å². The van der Waals surface area contributed by atoms with Gasteiger partial charge >= 0.3 is 12.1 Å². The lowest BCUT2D eigenvalue weighted by molar-refractivity contribution is -0.0505. The van der Waals surface area contributed by atoms with Crippen molar-refractivity contribution < 1.29 is 38.0 Å². The van der Waals surface area contributed by atoms with Crippen LogP contribution >= 0.6 is 0 Å². The van der Waals surface area contributed by atoms with E-state index in [-0.39, 0.29) is 25.6 Å². The van der Waals surface area contributed by atoms with E-state index in [0.717, 1.165) is 49.2 Å². The Bertz CT molecular complexity index is 1450. The molecule has 0 unspecified atom stereocenters. The van der Waals surface area contributed by atoms with E-state index < -0.39 is 18.1 Å². The van der Waals surface area contributed by atoms with E-state index in [2.05, 4.69) is 10.2 Å². The molecule has 1 N–H and O–H groups in total. The normalized spacial score (nSPS) is 21.4. The second-order valence-electron chi connectivity index (χ2n) is 11.9. The molecule has 3 aromatic rings. The summed E-state index contributed by atoms with van der Waals surface area (Å²) in [5.41, 5.74) is 2.99. The topological polar surface area (TPSA) is 105 Å². The standard InChI is InChI=1S/C36H42N2O8/c1-41-31-21-25(12-13-30(31)35(39)44-18-6-11-33-42-19-20-43-33)24-45-29-10-5-9-28(22-29)34(27-7-3-2-4-8-27)37-36(40)46-32-23-38-16-14-26(32)15-17-38/h2-5,7-10,12-13,21-22,26,32-34H,6,11,14-20,23-24H2,1H3,(H,37,40)/t32-,34-/m0/s1. The molecule has 2 atom stereocenters. The van der Waals surface area contributed by atoms with Gasteiger partial charge in [-0.05, 0) is 79.2 Å². The molecule has 4 fully saturated rings. The van der Waals surface area contributed by atoms with Crippen LogP contribution in [0.5, 0.6) is 11.5 Å². The highest BCUT2D eigenvalue weighted by Gasteiger charge is 2.37. The van der Waals surface area contributed by atoms with Crippen molar-refractivity contribution in [2.24, 2.45) is 5.92 Å². The quantitative estimate of drug-likeness (QED) is 0.194. The summed E-state index contributed by atoms with van der Waals surface area (Å²) < 4.78 is 33.9. The van der Waals surface area contributed by atoms with E-state index in [9.17, 15) is 9.59 Å². The molecule has 1 amide bonds. The van der Waals surface area contributed by atoms with Crippen LogP contribution in [0.15, 0.2) is 72.8 Å². The van der Waals surface area contributed by atoms with Crippen molar-refractivity contribution in [2.75, 3.05) is 46.6 Å². The van der Waals surface area contributed by atoms with Gasteiger partial charge in [-0.2, -0.15) is 0 Å². The van der Waals surface area contributed by atoms with Crippen LogP contribution < -0.4 is 14.8 Å². The van der Waals surface area contributed by atoms with Crippen LogP contribution in [0, 0.1) is 5.92 Å². The van der Waals surface area contributed by atoms with Crippen molar-refractivity contribution in [3.05, 3.63) is 95.1 Å². The van der Waals surface area contributed by atoms with E-state index in [1.165, 1.54) is 7.11 Å². The van der Waals surface area contributed by atoms with Crippen LogP contribution in [0.4, 0.5) is 4.79 Å². The number of esters is 1. The number of amides is 1. The number of methoxy groups -OCH3 is 1. The Labute approximate surface area is 269 Å². The van der Waals surface area contributed by atoms with Gasteiger partial charge in [0.1, 0.15) is 29.8 Å². The summed E-state index contributed by atoms with van der Waals surface area (Å²) in [6, 6.07) is 22.4. The van der Waals surface area contributed by atoms with E-state index in [1.54, 1.807) is 12.1 Å². The largest absolute Gasteiger partial charge is 0.496 e. The van der Waals surface area contributed by atoms with Crippen LogP contribution in [-0.2, 0) is 25.6 Å². The van der Waals surface area contributed by atoms with Crippen LogP contribution in [0.1, 0.15) is 58.8 Å². The number of rotatable bonds is 13. The second-order valence-corrected chi connectivity index (χ2v) is 11.9. The maximum Gasteiger partial charge on any atom is 0.408 e. The van der Waals surface area contributed by atoms with Crippen molar-refractivity contribution >= 4 is 12.1 Å². The molecule has 0 aliphatic carbocycles. The molecule has 4 aliphatic heterocycles. The molecule has 10 nitrogen and oxygen atoms in total. The minimum Gasteiger partial charge on any atom is -0.496 e. The molecule has 0 saturated carbocycles. The van der Waals surface area contributed by atoms with Gasteiger partial charge in [0.15, 0.2) is 6.29 Å². The van der Waals surface area contributed by atoms with Crippen LogP contribution in [0.25, 0.3) is 0 Å². The van der Waals surface area contributed by atoms with Gasteiger partial charge in [0.2, 0.25) is 0 Å². The van der Waals surface area contributed by atoms with Crippen molar-refractivity contribution in [3.63, 3.8) is 0 Å². The Kier molecular flexibility index (Phi) is 10.7. The highest BCUT2D eigenvalue weighted by atomic mass is 16.7. The maximum absolute atomic E-state index is 13.2. The van der Waals surface area contributed by atoms with Gasteiger partial charge in [-0.25, -0.2) is 9.59 Å². The fraction of sp³-hybridized carbons (Fsp3) is 0.444. The number of carbonyl (C=O) groups excluding carboxylic acids is 2. The molecule has 2 bridgehead atoms. The summed E-state index contributed by atoms with van der Waals surface area (Å²) >= 11 is 0. The van der Waals surface area contributed by atoms with E-state index >= 15 is 0 Å². The summed E-state index contributed by atoms with van der Waals surface area (Å²) in [6.07, 6.45) is 2.76. The zero-order valence-electron chi connectivity index (χ0n) is 26.2. The smallest absolute Gasteiger partial charge is 0.408 e. The lowest BCUT2D eigenvalue weighted by atomic mass is 9.86. The first-order valence-electron chi connectivity index (χ1n) is 16.1. The van der Waals surface area contributed by atoms with Crippen LogP contribution in [-0.4, -0.2) is 75.9 Å². The minimum absolute atomic E-state index is 0.0781. The molecule has 4 aliphatic rings. The number of benzene rings is 3. The Hall–Kier alpha value is -4.12. The first kappa shape index (κ1) is 31.8. The number of nitrogens with one attached hydrogen (secondary N) is 1. The number of hydrogen-bond donors (Lipinski definition) is 1. The third kappa shape index (κ3) is 8.17. The number of fused-ring (bicyclic) bond motifs is 3. The SMILES string of the molecule is COc1cc(COc2cccc([C@@H](NC(=O)O[C@H]3CN4CCC3CC4)c3ccccc3)c2)ccc1C(=O)OCCCC1OCCO1. The van der Waals surface area contributed by atoms with Crippen molar-refractivity contribution in [1.29, 1.82) is 0 Å². The average molecular weight is 631 g/mol. The molecule has 10 heteroatoms. The monoisotopic (exact) mass is 630 g/mol. The molecule has 4 heterocycles. The lowest BCUT2D eigenvalue weighted by Crippen LogP contribution is -2.52. The fourth-order valence-corrected chi connectivity index (χ4v) is 6.35. The summed E-state index contributed by atoms with van der Waals surface area (Å²) in [5, 5.41) is 3.11. The summed E-state index contributed by atoms with van der Waals surface area (Å²) in [6.45, 7) is 4.70. The summed E-state index contributed by atoms with van der Waals surface area (Å²) in [4.78, 5) is 28.2. The van der Waals surface area contributed by atoms with E-state index in [0.29, 0.717) is 49.0 Å². The molecule has 46 heavy (non-hydrogen) atoms. The van der Waals surface area contributed by atoms with Crippen molar-refractivity contribution in [2.45, 2.75) is 50.7 Å². The molecule has 0 spiro atoms. The van der Waals surface area contributed by atoms with Gasteiger partial charge in [-0.15, -0.1) is 0 Å². The van der Waals surface area contributed by atoms with E-state index in [1.807, 2.05) is 60.7 Å². The molecule has 7 rings (SSSR count). The van der Waals surface area contributed by atoms with Gasteiger partial charge in [-0.3, -0.25) is 4.90 Å². The molecule has 244 valence electrons. The third-order valence-corrected chi connectivity index (χ3v) is 8.84. The number of nitrogens with zero attached hydrogens (tertiary/aromatic N) is 1. The highest BCUT2D eigenvalue weighted by Crippen LogP contribution is 2.31. The molecule has 0 aromatic heterocycles. The Morgan fingerprint density at radius 1 is 0.957 bits per heavy atom. The zero-order valence-corrected chi connectivity index (χ0v) is 26.2. The number of ether oxygens (including phenoxy) is 6. The van der Waals surface area contributed by atoms with Gasteiger partial charge < -0.3 is 33.7 Å². The molecular weight excluding hydrogens is 588 g/mol. The van der Waals surface area contributed by atoms with Gasteiger partial charge in [0, 0.05) is 13.0 Å². The zero-order chi connectivity index (χ0) is 31.7. The maximum atomic E-state index is 13.2. The van der Waals surface area contributed by atoms with Crippen molar-refractivity contribution in [3.8, 4) is 11.5 Å². The fourth-order valence-electron chi connectivity index (χ4n) is 6.35. The predicted octanol–water partition coefficient (Wildman–Crippen LogP) is 5.49. The number of piperidine rings is 3. The molecular formula is C36H42N2O8. The molecule has 4 saturated heterocycles. The number of alkyl carbamates (subject to hydrolysis) is 1. The first-order chi connectivity index (χ1) is 22.6. The Morgan fingerprint density at radius 3 is 2.48 bits per heavy atom. The molecule has 3 aromatic carbocycles.